The first-order valence-corrected chi connectivity index (χ1v) is 10.2. The van der Waals surface area contributed by atoms with E-state index in [0.717, 1.165) is 11.6 Å². The molecule has 1 aliphatic rings. The fourth-order valence-corrected chi connectivity index (χ4v) is 5.21. The minimum absolute atomic E-state index is 0.00789. The number of sulfonamides is 1. The molecule has 1 N–H and O–H groups in total. The summed E-state index contributed by atoms with van der Waals surface area (Å²) in [6, 6.07) is 8.57. The normalized spacial score (nSPS) is 16.2. The van der Waals surface area contributed by atoms with Gasteiger partial charge in [0.1, 0.15) is 16.5 Å². The summed E-state index contributed by atoms with van der Waals surface area (Å²) in [5.41, 5.74) is -0.0543. The van der Waals surface area contributed by atoms with Crippen LogP contribution in [-0.4, -0.2) is 44.1 Å². The third kappa shape index (κ3) is 3.84. The highest BCUT2D eigenvalue weighted by molar-refractivity contribution is 7.89. The fraction of sp³-hybridized carbons (Fsp3) is 0.316. The van der Waals surface area contributed by atoms with Gasteiger partial charge in [-0.15, -0.1) is 0 Å². The standard InChI is InChI=1S/C19H18ClFN2O4S/c1-13-3-6-18(15(20)7-13)28(25,26)23-9-19(10-23,11-24)12-27-14-4-5-17(22-2)16(21)8-14/h3-8,24H,9-12H2,1H3. The summed E-state index contributed by atoms with van der Waals surface area (Å²) >= 11 is 6.09. The quantitative estimate of drug-likeness (QED) is 0.721. The molecule has 1 heterocycles. The molecule has 0 bridgehead atoms. The fourth-order valence-electron chi connectivity index (χ4n) is 2.97. The maximum absolute atomic E-state index is 13.7. The van der Waals surface area contributed by atoms with Crippen molar-refractivity contribution in [3.05, 3.63) is 64.2 Å². The summed E-state index contributed by atoms with van der Waals surface area (Å²) in [5.74, 6) is -0.488. The highest BCUT2D eigenvalue weighted by Gasteiger charge is 2.49. The van der Waals surface area contributed by atoms with Crippen LogP contribution < -0.4 is 4.74 Å². The molecule has 2 aromatic carbocycles. The first kappa shape index (κ1) is 20.6. The molecular weight excluding hydrogens is 407 g/mol. The van der Waals surface area contributed by atoms with Gasteiger partial charge in [0, 0.05) is 19.2 Å². The van der Waals surface area contributed by atoms with Gasteiger partial charge in [0.15, 0.2) is 0 Å². The van der Waals surface area contributed by atoms with Crippen LogP contribution >= 0.6 is 11.6 Å². The Hall–Kier alpha value is -2.18. The topological polar surface area (TPSA) is 71.2 Å². The van der Waals surface area contributed by atoms with Crippen LogP contribution in [0.15, 0.2) is 41.3 Å². The van der Waals surface area contributed by atoms with Crippen LogP contribution in [0.25, 0.3) is 4.85 Å². The number of halogens is 2. The Morgan fingerprint density at radius 1 is 1.32 bits per heavy atom. The van der Waals surface area contributed by atoms with Crippen LogP contribution in [0, 0.1) is 24.7 Å². The van der Waals surface area contributed by atoms with E-state index in [1.807, 2.05) is 6.92 Å². The van der Waals surface area contributed by atoms with Crippen LogP contribution in [-0.2, 0) is 10.0 Å². The van der Waals surface area contributed by atoms with Crippen LogP contribution in [0.5, 0.6) is 5.75 Å². The zero-order valence-corrected chi connectivity index (χ0v) is 16.6. The van der Waals surface area contributed by atoms with Crippen molar-refractivity contribution >= 4 is 27.3 Å². The molecule has 9 heteroatoms. The van der Waals surface area contributed by atoms with E-state index in [2.05, 4.69) is 4.85 Å². The first-order chi connectivity index (χ1) is 13.2. The number of aryl methyl sites for hydroxylation is 1. The van der Waals surface area contributed by atoms with Gasteiger partial charge in [-0.3, -0.25) is 0 Å². The van der Waals surface area contributed by atoms with E-state index in [1.165, 1.54) is 22.5 Å². The van der Waals surface area contributed by atoms with Crippen molar-refractivity contribution in [2.24, 2.45) is 5.41 Å². The lowest BCUT2D eigenvalue weighted by Gasteiger charge is -2.47. The molecule has 1 fully saturated rings. The predicted molar refractivity (Wildman–Crippen MR) is 103 cm³/mol. The molecule has 0 unspecified atom stereocenters. The van der Waals surface area contributed by atoms with Crippen LogP contribution in [0.3, 0.4) is 0 Å². The van der Waals surface area contributed by atoms with E-state index in [1.54, 1.807) is 12.1 Å². The highest BCUT2D eigenvalue weighted by Crippen LogP contribution is 2.37. The summed E-state index contributed by atoms with van der Waals surface area (Å²) in [6.45, 7) is 8.48. The third-order valence-electron chi connectivity index (χ3n) is 4.65. The van der Waals surface area contributed by atoms with Gasteiger partial charge >= 0.3 is 0 Å². The predicted octanol–water partition coefficient (Wildman–Crippen LogP) is 3.40. The maximum Gasteiger partial charge on any atom is 0.244 e. The lowest BCUT2D eigenvalue weighted by molar-refractivity contribution is -0.0272. The minimum atomic E-state index is -3.79. The molecule has 0 radical (unpaired) electrons. The van der Waals surface area contributed by atoms with Crippen molar-refractivity contribution in [3.8, 4) is 5.75 Å². The second kappa shape index (κ2) is 7.68. The molecule has 0 aliphatic carbocycles. The Kier molecular flexibility index (Phi) is 5.64. The third-order valence-corrected chi connectivity index (χ3v) is 6.92. The lowest BCUT2D eigenvalue weighted by atomic mass is 9.83. The summed E-state index contributed by atoms with van der Waals surface area (Å²) in [5, 5.41) is 9.90. The Morgan fingerprint density at radius 3 is 2.61 bits per heavy atom. The number of ether oxygens (including phenoxy) is 1. The molecule has 0 spiro atoms. The van der Waals surface area contributed by atoms with Crippen LogP contribution in [0.4, 0.5) is 10.1 Å². The number of benzene rings is 2. The number of hydrogen-bond acceptors (Lipinski definition) is 4. The molecule has 3 rings (SSSR count). The van der Waals surface area contributed by atoms with E-state index in [9.17, 15) is 17.9 Å². The van der Waals surface area contributed by atoms with E-state index in [0.29, 0.717) is 0 Å². The molecule has 0 atom stereocenters. The van der Waals surface area contributed by atoms with Gasteiger partial charge in [-0.25, -0.2) is 17.7 Å². The van der Waals surface area contributed by atoms with Gasteiger partial charge in [-0.1, -0.05) is 17.7 Å². The molecule has 0 saturated carbocycles. The molecular formula is C19H18ClFN2O4S. The summed E-state index contributed by atoms with van der Waals surface area (Å²) in [4.78, 5) is 3.05. The second-order valence-corrected chi connectivity index (χ2v) is 9.19. The van der Waals surface area contributed by atoms with E-state index >= 15 is 0 Å². The molecule has 6 nitrogen and oxygen atoms in total. The number of aliphatic hydroxyl groups excluding tert-OH is 1. The van der Waals surface area contributed by atoms with Gasteiger partial charge in [0.05, 0.1) is 30.2 Å². The van der Waals surface area contributed by atoms with Crippen molar-refractivity contribution in [1.29, 1.82) is 0 Å². The number of hydrogen-bond donors (Lipinski definition) is 1. The molecule has 28 heavy (non-hydrogen) atoms. The van der Waals surface area contributed by atoms with Crippen molar-refractivity contribution in [2.75, 3.05) is 26.3 Å². The number of nitrogens with zero attached hydrogens (tertiary/aromatic N) is 2. The Morgan fingerprint density at radius 2 is 2.04 bits per heavy atom. The SMILES string of the molecule is [C-]#[N+]c1ccc(OCC2(CO)CN(S(=O)(=O)c3ccc(C)cc3Cl)C2)cc1F. The maximum atomic E-state index is 13.7. The van der Waals surface area contributed by atoms with Crippen molar-refractivity contribution in [2.45, 2.75) is 11.8 Å². The summed E-state index contributed by atoms with van der Waals surface area (Å²) in [7, 11) is -3.79. The highest BCUT2D eigenvalue weighted by atomic mass is 35.5. The van der Waals surface area contributed by atoms with Crippen molar-refractivity contribution in [1.82, 2.24) is 4.31 Å². The summed E-state index contributed by atoms with van der Waals surface area (Å²) < 4.78 is 46.0. The van der Waals surface area contributed by atoms with Crippen molar-refractivity contribution in [3.63, 3.8) is 0 Å². The van der Waals surface area contributed by atoms with Crippen molar-refractivity contribution < 1.29 is 22.7 Å². The van der Waals surface area contributed by atoms with E-state index < -0.39 is 21.3 Å². The zero-order valence-electron chi connectivity index (χ0n) is 15.0. The first-order valence-electron chi connectivity index (χ1n) is 8.38. The average molecular weight is 425 g/mol. The smallest absolute Gasteiger partial charge is 0.244 e. The van der Waals surface area contributed by atoms with Gasteiger partial charge in [0.25, 0.3) is 0 Å². The molecule has 0 aromatic heterocycles. The molecule has 0 amide bonds. The lowest BCUT2D eigenvalue weighted by Crippen LogP contribution is -2.62. The number of rotatable bonds is 6. The van der Waals surface area contributed by atoms with E-state index in [-0.39, 0.29) is 47.7 Å². The molecule has 1 aliphatic heterocycles. The van der Waals surface area contributed by atoms with Crippen LogP contribution in [0.1, 0.15) is 5.56 Å². The van der Waals surface area contributed by atoms with Gasteiger partial charge in [-0.2, -0.15) is 4.31 Å². The van der Waals surface area contributed by atoms with Gasteiger partial charge < -0.3 is 9.84 Å². The largest absolute Gasteiger partial charge is 0.493 e. The molecule has 2 aromatic rings. The second-order valence-electron chi connectivity index (χ2n) is 6.88. The molecule has 148 valence electrons. The Balaban J connectivity index is 1.69. The molecule has 1 saturated heterocycles. The van der Waals surface area contributed by atoms with Gasteiger partial charge in [0.2, 0.25) is 15.7 Å². The summed E-state index contributed by atoms with van der Waals surface area (Å²) in [6.07, 6.45) is 0. The monoisotopic (exact) mass is 424 g/mol. The Bertz CT molecular complexity index is 1050. The Labute approximate surface area is 168 Å². The minimum Gasteiger partial charge on any atom is -0.493 e. The average Bonchev–Trinajstić information content (AvgIpc) is 2.60. The van der Waals surface area contributed by atoms with E-state index in [4.69, 9.17) is 22.9 Å². The zero-order chi connectivity index (χ0) is 20.5. The van der Waals surface area contributed by atoms with Gasteiger partial charge in [-0.05, 0) is 36.8 Å². The van der Waals surface area contributed by atoms with Crippen LogP contribution in [0.2, 0.25) is 5.02 Å². The number of aliphatic hydroxyl groups is 1.